The fourth-order valence-corrected chi connectivity index (χ4v) is 2.18. The van der Waals surface area contributed by atoms with Gasteiger partial charge in [-0.1, -0.05) is 6.07 Å². The van der Waals surface area contributed by atoms with Crippen LogP contribution in [0.1, 0.15) is 18.1 Å². The number of carbonyl (C=O) groups excluding carboxylic acids is 1. The van der Waals surface area contributed by atoms with Crippen molar-refractivity contribution in [3.05, 3.63) is 41.3 Å². The van der Waals surface area contributed by atoms with Gasteiger partial charge in [0.15, 0.2) is 0 Å². The first kappa shape index (κ1) is 17.7. The zero-order valence-corrected chi connectivity index (χ0v) is 14.5. The summed E-state index contributed by atoms with van der Waals surface area (Å²) in [4.78, 5) is 22.8. The lowest BCUT2D eigenvalue weighted by atomic mass is 10.2. The number of benzene rings is 1. The van der Waals surface area contributed by atoms with E-state index in [1.165, 1.54) is 12.1 Å². The normalized spacial score (nSPS) is 11.8. The molecule has 0 bridgehead atoms. The second-order valence-electron chi connectivity index (χ2n) is 5.91. The number of aromatic nitrogens is 2. The number of aryl methyl sites for hydroxylation is 2. The van der Waals surface area contributed by atoms with Gasteiger partial charge in [-0.25, -0.2) is 9.37 Å². The molecule has 2 rings (SSSR count). The van der Waals surface area contributed by atoms with Gasteiger partial charge in [-0.2, -0.15) is 4.98 Å². The molecule has 0 aliphatic rings. The number of hydrogen-bond acceptors (Lipinski definition) is 5. The summed E-state index contributed by atoms with van der Waals surface area (Å²) in [6.07, 6.45) is 1.70. The number of anilines is 3. The number of amides is 1. The molecule has 1 aromatic carbocycles. The summed E-state index contributed by atoms with van der Waals surface area (Å²) in [5, 5.41) is 5.68. The lowest BCUT2D eigenvalue weighted by Crippen LogP contribution is -2.33. The Morgan fingerprint density at radius 1 is 1.25 bits per heavy atom. The predicted molar refractivity (Wildman–Crippen MR) is 93.9 cm³/mol. The van der Waals surface area contributed by atoms with Gasteiger partial charge in [0.1, 0.15) is 17.7 Å². The molecule has 0 radical (unpaired) electrons. The fourth-order valence-electron chi connectivity index (χ4n) is 2.18. The molecule has 0 aliphatic carbocycles. The molecule has 2 aromatic rings. The number of hydrogen-bond donors (Lipinski definition) is 2. The highest BCUT2D eigenvalue weighted by Gasteiger charge is 2.16. The highest BCUT2D eigenvalue weighted by atomic mass is 19.1. The number of nitrogens with one attached hydrogen (secondary N) is 2. The molecule has 128 valence electrons. The molecule has 1 aromatic heterocycles. The zero-order chi connectivity index (χ0) is 17.9. The van der Waals surface area contributed by atoms with E-state index in [1.54, 1.807) is 26.1 Å². The lowest BCUT2D eigenvalue weighted by molar-refractivity contribution is -0.116. The Morgan fingerprint density at radius 2 is 1.96 bits per heavy atom. The van der Waals surface area contributed by atoms with E-state index in [4.69, 9.17) is 0 Å². The van der Waals surface area contributed by atoms with E-state index in [9.17, 15) is 9.18 Å². The van der Waals surface area contributed by atoms with Crippen molar-refractivity contribution in [2.75, 3.05) is 29.6 Å². The third-order valence-corrected chi connectivity index (χ3v) is 3.56. The SMILES string of the molecule is Cc1ccc(F)cc1NC(=O)[C@H](C)Nc1ncc(C)c(N(C)C)n1. The van der Waals surface area contributed by atoms with Crippen molar-refractivity contribution < 1.29 is 9.18 Å². The molecule has 24 heavy (non-hydrogen) atoms. The van der Waals surface area contributed by atoms with Crippen LogP contribution in [0.3, 0.4) is 0 Å². The molecule has 1 amide bonds. The van der Waals surface area contributed by atoms with E-state index in [2.05, 4.69) is 20.6 Å². The second kappa shape index (κ2) is 7.25. The summed E-state index contributed by atoms with van der Waals surface area (Å²) in [6.45, 7) is 5.42. The molecule has 0 fully saturated rings. The van der Waals surface area contributed by atoms with E-state index in [1.807, 2.05) is 25.9 Å². The van der Waals surface area contributed by atoms with E-state index in [0.29, 0.717) is 11.6 Å². The Morgan fingerprint density at radius 3 is 2.62 bits per heavy atom. The van der Waals surface area contributed by atoms with Gasteiger partial charge in [0.25, 0.3) is 0 Å². The Hall–Kier alpha value is -2.70. The second-order valence-corrected chi connectivity index (χ2v) is 5.91. The number of carbonyl (C=O) groups is 1. The van der Waals surface area contributed by atoms with Crippen LogP contribution in [-0.2, 0) is 4.79 Å². The van der Waals surface area contributed by atoms with E-state index < -0.39 is 11.9 Å². The van der Waals surface area contributed by atoms with Crippen LogP contribution in [0.2, 0.25) is 0 Å². The maximum atomic E-state index is 13.3. The Labute approximate surface area is 141 Å². The maximum Gasteiger partial charge on any atom is 0.246 e. The molecule has 0 saturated carbocycles. The average Bonchev–Trinajstić information content (AvgIpc) is 2.52. The van der Waals surface area contributed by atoms with Crippen molar-refractivity contribution in [2.24, 2.45) is 0 Å². The molecule has 0 saturated heterocycles. The van der Waals surface area contributed by atoms with Crippen molar-refractivity contribution in [3.8, 4) is 0 Å². The van der Waals surface area contributed by atoms with Crippen LogP contribution >= 0.6 is 0 Å². The number of rotatable bonds is 5. The number of nitrogens with zero attached hydrogens (tertiary/aromatic N) is 3. The number of halogens is 1. The minimum atomic E-state index is -0.578. The zero-order valence-electron chi connectivity index (χ0n) is 14.5. The summed E-state index contributed by atoms with van der Waals surface area (Å²) in [5.74, 6) is 0.456. The molecule has 0 aliphatic heterocycles. The third kappa shape index (κ3) is 4.18. The Balaban J connectivity index is 2.09. The Kier molecular flexibility index (Phi) is 5.33. The van der Waals surface area contributed by atoms with Crippen LogP contribution in [0.15, 0.2) is 24.4 Å². The quantitative estimate of drug-likeness (QED) is 0.881. The van der Waals surface area contributed by atoms with Crippen LogP contribution in [-0.4, -0.2) is 36.0 Å². The topological polar surface area (TPSA) is 70.2 Å². The molecular weight excluding hydrogens is 309 g/mol. The van der Waals surface area contributed by atoms with Crippen LogP contribution in [0.25, 0.3) is 0 Å². The van der Waals surface area contributed by atoms with E-state index in [-0.39, 0.29) is 5.91 Å². The molecule has 0 spiro atoms. The van der Waals surface area contributed by atoms with Gasteiger partial charge in [0, 0.05) is 31.5 Å². The predicted octanol–water partition coefficient (Wildman–Crippen LogP) is 2.74. The molecule has 6 nitrogen and oxygen atoms in total. The summed E-state index contributed by atoms with van der Waals surface area (Å²) < 4.78 is 13.3. The van der Waals surface area contributed by atoms with Crippen LogP contribution < -0.4 is 15.5 Å². The van der Waals surface area contributed by atoms with E-state index in [0.717, 1.165) is 16.9 Å². The molecule has 0 unspecified atom stereocenters. The van der Waals surface area contributed by atoms with Crippen molar-refractivity contribution in [1.29, 1.82) is 0 Å². The van der Waals surface area contributed by atoms with Gasteiger partial charge >= 0.3 is 0 Å². The van der Waals surface area contributed by atoms with E-state index >= 15 is 0 Å². The van der Waals surface area contributed by atoms with Gasteiger partial charge in [0.2, 0.25) is 11.9 Å². The van der Waals surface area contributed by atoms with Crippen molar-refractivity contribution >= 4 is 23.4 Å². The van der Waals surface area contributed by atoms with Gasteiger partial charge in [-0.15, -0.1) is 0 Å². The summed E-state index contributed by atoms with van der Waals surface area (Å²) in [5.41, 5.74) is 2.18. The van der Waals surface area contributed by atoms with Crippen LogP contribution in [0.4, 0.5) is 21.8 Å². The third-order valence-electron chi connectivity index (χ3n) is 3.56. The average molecular weight is 331 g/mol. The van der Waals surface area contributed by atoms with Crippen molar-refractivity contribution in [3.63, 3.8) is 0 Å². The smallest absolute Gasteiger partial charge is 0.246 e. The molecule has 2 N–H and O–H groups in total. The first-order valence-corrected chi connectivity index (χ1v) is 7.62. The van der Waals surface area contributed by atoms with Crippen LogP contribution in [0.5, 0.6) is 0 Å². The van der Waals surface area contributed by atoms with Crippen molar-refractivity contribution in [2.45, 2.75) is 26.8 Å². The Bertz CT molecular complexity index is 748. The van der Waals surface area contributed by atoms with Gasteiger partial charge in [-0.05, 0) is 38.5 Å². The first-order chi connectivity index (χ1) is 11.3. The lowest BCUT2D eigenvalue weighted by Gasteiger charge is -2.18. The molecule has 7 heteroatoms. The molecular formula is C17H22FN5O. The minimum absolute atomic E-state index is 0.292. The molecule has 1 atom stereocenters. The maximum absolute atomic E-state index is 13.3. The van der Waals surface area contributed by atoms with Gasteiger partial charge in [0.05, 0.1) is 0 Å². The minimum Gasteiger partial charge on any atom is -0.362 e. The van der Waals surface area contributed by atoms with Crippen molar-refractivity contribution in [1.82, 2.24) is 9.97 Å². The summed E-state index contributed by atoms with van der Waals surface area (Å²) >= 11 is 0. The largest absolute Gasteiger partial charge is 0.362 e. The highest BCUT2D eigenvalue weighted by molar-refractivity contribution is 5.96. The standard InChI is InChI=1S/C17H22FN5O/c1-10-6-7-13(18)8-14(10)21-16(24)12(3)20-17-19-9-11(2)15(22-17)23(4)5/h6-9,12H,1-5H3,(H,21,24)(H,19,20,22)/t12-/m0/s1. The summed E-state index contributed by atoms with van der Waals surface area (Å²) in [6, 6.07) is 3.70. The monoisotopic (exact) mass is 331 g/mol. The van der Waals surface area contributed by atoms with Gasteiger partial charge < -0.3 is 15.5 Å². The van der Waals surface area contributed by atoms with Gasteiger partial charge in [-0.3, -0.25) is 4.79 Å². The molecule has 1 heterocycles. The first-order valence-electron chi connectivity index (χ1n) is 7.62. The van der Waals surface area contributed by atoms with Crippen LogP contribution in [0, 0.1) is 19.7 Å². The fraction of sp³-hybridized carbons (Fsp3) is 0.353. The summed E-state index contributed by atoms with van der Waals surface area (Å²) in [7, 11) is 3.78. The highest BCUT2D eigenvalue weighted by Crippen LogP contribution is 2.18.